The first-order chi connectivity index (χ1) is 9.75. The summed E-state index contributed by atoms with van der Waals surface area (Å²) in [5, 5.41) is 3.35. The molecular weight excluding hydrogens is 286 g/mol. The fraction of sp³-hybridized carbons (Fsp3) is 0.938. The van der Waals surface area contributed by atoms with E-state index in [0.29, 0.717) is 11.8 Å². The molecule has 3 aliphatic rings. The normalized spacial score (nSPS) is 32.0. The molecule has 0 radical (unpaired) electrons. The molecule has 3 saturated heterocycles. The Morgan fingerprint density at radius 1 is 1.00 bits per heavy atom. The molecule has 3 heterocycles. The first-order valence-electron chi connectivity index (χ1n) is 8.49. The van der Waals surface area contributed by atoms with Gasteiger partial charge < -0.3 is 15.1 Å². The average Bonchev–Trinajstić information content (AvgIpc) is 2.94. The average molecular weight is 316 g/mol. The van der Waals surface area contributed by atoms with E-state index in [1.807, 2.05) is 0 Å². The van der Waals surface area contributed by atoms with Gasteiger partial charge >= 0.3 is 0 Å². The fourth-order valence-electron chi connectivity index (χ4n) is 4.11. The van der Waals surface area contributed by atoms with Crippen LogP contribution in [-0.2, 0) is 4.79 Å². The van der Waals surface area contributed by atoms with E-state index in [-0.39, 0.29) is 18.3 Å². The molecule has 3 aliphatic heterocycles. The largest absolute Gasteiger partial charge is 0.342 e. The van der Waals surface area contributed by atoms with Gasteiger partial charge in [-0.1, -0.05) is 13.3 Å². The van der Waals surface area contributed by atoms with E-state index in [4.69, 9.17) is 0 Å². The topological polar surface area (TPSA) is 35.6 Å². The Kier molecular flexibility index (Phi) is 6.33. The van der Waals surface area contributed by atoms with E-state index < -0.39 is 0 Å². The minimum atomic E-state index is 0. The number of amides is 1. The Bertz CT molecular complexity index is 338. The molecule has 4 nitrogen and oxygen atoms in total. The molecule has 0 unspecified atom stereocenters. The van der Waals surface area contributed by atoms with Crippen LogP contribution in [0.1, 0.15) is 39.0 Å². The predicted molar refractivity (Wildman–Crippen MR) is 87.8 cm³/mol. The molecule has 0 bridgehead atoms. The lowest BCUT2D eigenvalue weighted by Gasteiger charge is -2.41. The number of likely N-dealkylation sites (tertiary alicyclic amines) is 2. The summed E-state index contributed by atoms with van der Waals surface area (Å²) in [5.41, 5.74) is 0. The fourth-order valence-corrected chi connectivity index (χ4v) is 4.11. The maximum atomic E-state index is 12.6. The van der Waals surface area contributed by atoms with Crippen molar-refractivity contribution in [2.24, 2.45) is 11.8 Å². The maximum absolute atomic E-state index is 12.6. The third-order valence-electron chi connectivity index (χ3n) is 5.52. The number of hydrogen-bond donors (Lipinski definition) is 1. The summed E-state index contributed by atoms with van der Waals surface area (Å²) in [6.45, 7) is 8.59. The number of nitrogens with zero attached hydrogens (tertiary/aromatic N) is 2. The van der Waals surface area contributed by atoms with Gasteiger partial charge in [-0.15, -0.1) is 12.4 Å². The number of rotatable bonds is 2. The van der Waals surface area contributed by atoms with Crippen LogP contribution in [0.25, 0.3) is 0 Å². The van der Waals surface area contributed by atoms with Crippen molar-refractivity contribution in [3.8, 4) is 0 Å². The number of halogens is 1. The lowest BCUT2D eigenvalue weighted by molar-refractivity contribution is -0.137. The highest BCUT2D eigenvalue weighted by Crippen LogP contribution is 2.24. The van der Waals surface area contributed by atoms with Crippen LogP contribution < -0.4 is 5.32 Å². The minimum absolute atomic E-state index is 0. The third kappa shape index (κ3) is 3.91. The van der Waals surface area contributed by atoms with Crippen LogP contribution in [0.4, 0.5) is 0 Å². The van der Waals surface area contributed by atoms with Crippen LogP contribution >= 0.6 is 12.4 Å². The van der Waals surface area contributed by atoms with Crippen LogP contribution in [0.5, 0.6) is 0 Å². The van der Waals surface area contributed by atoms with Crippen LogP contribution in [0.2, 0.25) is 0 Å². The Balaban J connectivity index is 0.00000161. The Hall–Kier alpha value is -0.320. The monoisotopic (exact) mass is 315 g/mol. The molecule has 1 N–H and O–H groups in total. The van der Waals surface area contributed by atoms with Gasteiger partial charge in [0.25, 0.3) is 0 Å². The zero-order chi connectivity index (χ0) is 13.9. The van der Waals surface area contributed by atoms with Gasteiger partial charge in [-0.2, -0.15) is 0 Å². The molecular formula is C16H30ClN3O. The number of nitrogens with one attached hydrogen (secondary N) is 1. The van der Waals surface area contributed by atoms with Gasteiger partial charge in [-0.05, 0) is 51.2 Å². The molecule has 5 heteroatoms. The summed E-state index contributed by atoms with van der Waals surface area (Å²) < 4.78 is 0. The van der Waals surface area contributed by atoms with Crippen molar-refractivity contribution in [3.63, 3.8) is 0 Å². The highest BCUT2D eigenvalue weighted by molar-refractivity contribution is 5.85. The zero-order valence-corrected chi connectivity index (χ0v) is 14.0. The van der Waals surface area contributed by atoms with Crippen LogP contribution in [-0.4, -0.2) is 61.0 Å². The van der Waals surface area contributed by atoms with E-state index in [2.05, 4.69) is 22.0 Å². The summed E-state index contributed by atoms with van der Waals surface area (Å²) in [5.74, 6) is 1.13. The summed E-state index contributed by atoms with van der Waals surface area (Å²) in [4.78, 5) is 17.4. The SMILES string of the molecule is C[C@@H]1CNC[C@H]1C(=O)N1CCC(N2CCCCC2)CC1.Cl. The molecule has 0 aromatic rings. The molecule has 0 aromatic carbocycles. The number of carbonyl (C=O) groups excluding carboxylic acids is 1. The van der Waals surface area contributed by atoms with Crippen LogP contribution in [0.3, 0.4) is 0 Å². The van der Waals surface area contributed by atoms with Crippen LogP contribution in [0.15, 0.2) is 0 Å². The molecule has 0 saturated carbocycles. The van der Waals surface area contributed by atoms with E-state index >= 15 is 0 Å². The number of carbonyl (C=O) groups is 1. The molecule has 1 amide bonds. The first-order valence-corrected chi connectivity index (χ1v) is 8.49. The molecule has 21 heavy (non-hydrogen) atoms. The number of piperidine rings is 2. The molecule has 0 aliphatic carbocycles. The van der Waals surface area contributed by atoms with Crippen molar-refractivity contribution in [2.45, 2.75) is 45.1 Å². The van der Waals surface area contributed by atoms with Gasteiger partial charge in [-0.3, -0.25) is 4.79 Å². The number of hydrogen-bond acceptors (Lipinski definition) is 3. The summed E-state index contributed by atoms with van der Waals surface area (Å²) in [6.07, 6.45) is 6.50. The predicted octanol–water partition coefficient (Wildman–Crippen LogP) is 1.74. The van der Waals surface area contributed by atoms with Crippen molar-refractivity contribution in [2.75, 3.05) is 39.3 Å². The van der Waals surface area contributed by atoms with Crippen molar-refractivity contribution in [3.05, 3.63) is 0 Å². The second-order valence-corrected chi connectivity index (χ2v) is 6.90. The summed E-state index contributed by atoms with van der Waals surface area (Å²) >= 11 is 0. The van der Waals surface area contributed by atoms with Crippen molar-refractivity contribution >= 4 is 18.3 Å². The second-order valence-electron chi connectivity index (χ2n) is 6.90. The Morgan fingerprint density at radius 3 is 2.24 bits per heavy atom. The van der Waals surface area contributed by atoms with Crippen LogP contribution in [0, 0.1) is 11.8 Å². The van der Waals surface area contributed by atoms with Crippen molar-refractivity contribution in [1.82, 2.24) is 15.1 Å². The Labute approximate surface area is 135 Å². The maximum Gasteiger partial charge on any atom is 0.227 e. The van der Waals surface area contributed by atoms with Gasteiger partial charge in [0.05, 0.1) is 5.92 Å². The standard InChI is InChI=1S/C16H29N3O.ClH/c1-13-11-17-12-15(13)16(20)19-9-5-14(6-10-19)18-7-3-2-4-8-18;/h13-15,17H,2-12H2,1H3;1H/t13-,15-;/m1./s1. The summed E-state index contributed by atoms with van der Waals surface area (Å²) in [6, 6.07) is 0.735. The van der Waals surface area contributed by atoms with Gasteiger partial charge in [0, 0.05) is 25.7 Å². The van der Waals surface area contributed by atoms with E-state index in [0.717, 1.165) is 32.2 Å². The third-order valence-corrected chi connectivity index (χ3v) is 5.52. The van der Waals surface area contributed by atoms with Crippen molar-refractivity contribution < 1.29 is 4.79 Å². The summed E-state index contributed by atoms with van der Waals surface area (Å²) in [7, 11) is 0. The molecule has 0 aromatic heterocycles. The quantitative estimate of drug-likeness (QED) is 0.843. The smallest absolute Gasteiger partial charge is 0.227 e. The molecule has 3 fully saturated rings. The Morgan fingerprint density at radius 2 is 1.67 bits per heavy atom. The van der Waals surface area contributed by atoms with Gasteiger partial charge in [-0.25, -0.2) is 0 Å². The van der Waals surface area contributed by atoms with Gasteiger partial charge in [0.2, 0.25) is 5.91 Å². The highest BCUT2D eigenvalue weighted by Gasteiger charge is 2.35. The highest BCUT2D eigenvalue weighted by atomic mass is 35.5. The lowest BCUT2D eigenvalue weighted by Crippen LogP contribution is -2.50. The molecule has 122 valence electrons. The zero-order valence-electron chi connectivity index (χ0n) is 13.2. The lowest BCUT2D eigenvalue weighted by atomic mass is 9.94. The minimum Gasteiger partial charge on any atom is -0.342 e. The molecule has 0 spiro atoms. The van der Waals surface area contributed by atoms with E-state index in [9.17, 15) is 4.79 Å². The van der Waals surface area contributed by atoms with E-state index in [1.165, 1.54) is 45.2 Å². The first kappa shape index (κ1) is 17.0. The van der Waals surface area contributed by atoms with E-state index in [1.54, 1.807) is 0 Å². The van der Waals surface area contributed by atoms with Crippen molar-refractivity contribution in [1.29, 1.82) is 0 Å². The van der Waals surface area contributed by atoms with Gasteiger partial charge in [0.1, 0.15) is 0 Å². The second kappa shape index (κ2) is 7.80. The molecule has 3 rings (SSSR count). The molecule has 2 atom stereocenters. The van der Waals surface area contributed by atoms with Gasteiger partial charge in [0.15, 0.2) is 0 Å².